The summed E-state index contributed by atoms with van der Waals surface area (Å²) in [7, 11) is -1.99. The van der Waals surface area contributed by atoms with E-state index in [-0.39, 0.29) is 13.2 Å². The Kier molecular flexibility index (Phi) is 7.16. The van der Waals surface area contributed by atoms with Crippen molar-refractivity contribution in [2.75, 3.05) is 13.2 Å². The molecule has 0 radical (unpaired) electrons. The van der Waals surface area contributed by atoms with Gasteiger partial charge in [-0.05, 0) is 32.9 Å². The topological polar surface area (TPSA) is 93.5 Å². The molecule has 0 aliphatic carbocycles. The molecule has 0 fully saturated rings. The monoisotopic (exact) mass is 335 g/mol. The fraction of sp³-hybridized carbons (Fsp3) is 0.312. The average molecular weight is 335 g/mol. The molecule has 0 spiro atoms. The molecular formula is C16H17NO5S. The zero-order chi connectivity index (χ0) is 17.4. The van der Waals surface area contributed by atoms with Crippen LogP contribution in [0.4, 0.5) is 0 Å². The van der Waals surface area contributed by atoms with Crippen LogP contribution in [0.3, 0.4) is 0 Å². The molecule has 0 heterocycles. The van der Waals surface area contributed by atoms with Crippen molar-refractivity contribution in [3.63, 3.8) is 0 Å². The molecule has 0 N–H and O–H groups in total. The van der Waals surface area contributed by atoms with Gasteiger partial charge >= 0.3 is 11.9 Å². The van der Waals surface area contributed by atoms with Crippen LogP contribution in [0.2, 0.25) is 0 Å². The number of nitrogens with zero attached hydrogens (tertiary/aromatic N) is 1. The van der Waals surface area contributed by atoms with E-state index in [0.29, 0.717) is 4.90 Å². The van der Waals surface area contributed by atoms with Crippen LogP contribution < -0.4 is 0 Å². The molecule has 7 heteroatoms. The Hall–Kier alpha value is -2.46. The predicted octanol–water partition coefficient (Wildman–Crippen LogP) is 2.01. The van der Waals surface area contributed by atoms with E-state index in [1.54, 1.807) is 44.2 Å². The van der Waals surface area contributed by atoms with E-state index in [4.69, 9.17) is 9.47 Å². The molecule has 0 unspecified atom stereocenters. The largest absolute Gasteiger partial charge is 0.462 e. The number of hydrogen-bond donors (Lipinski definition) is 0. The summed E-state index contributed by atoms with van der Waals surface area (Å²) in [6.45, 7) is 5.00. The molecule has 6 nitrogen and oxygen atoms in total. The standard InChI is InChI=1S/C16H17NO5S/c1-4-21-15(18)14(16(19)22-5-2)13(10-17)23(20)12-8-6-11(3)7-9-12/h6-9H,4-5H2,1-3H3/t23-/m1/s1. The van der Waals surface area contributed by atoms with Crippen molar-refractivity contribution in [1.29, 1.82) is 5.26 Å². The Labute approximate surface area is 137 Å². The quantitative estimate of drug-likeness (QED) is 0.259. The second-order valence-corrected chi connectivity index (χ2v) is 5.76. The van der Waals surface area contributed by atoms with Crippen molar-refractivity contribution >= 4 is 22.7 Å². The van der Waals surface area contributed by atoms with Crippen LogP contribution >= 0.6 is 0 Å². The zero-order valence-corrected chi connectivity index (χ0v) is 13.9. The Morgan fingerprint density at radius 3 is 1.96 bits per heavy atom. The second-order valence-electron chi connectivity index (χ2n) is 4.34. The van der Waals surface area contributed by atoms with Crippen LogP contribution in [-0.2, 0) is 29.9 Å². The van der Waals surface area contributed by atoms with Crippen molar-refractivity contribution in [3.8, 4) is 6.07 Å². The van der Waals surface area contributed by atoms with E-state index in [9.17, 15) is 19.1 Å². The first-order valence-electron chi connectivity index (χ1n) is 6.93. The van der Waals surface area contributed by atoms with Gasteiger partial charge in [0, 0.05) is 4.90 Å². The van der Waals surface area contributed by atoms with Crippen molar-refractivity contribution < 1.29 is 23.3 Å². The lowest BCUT2D eigenvalue weighted by atomic mass is 10.2. The van der Waals surface area contributed by atoms with Gasteiger partial charge in [-0.1, -0.05) is 17.7 Å². The lowest BCUT2D eigenvalue weighted by Gasteiger charge is -2.09. The first-order valence-corrected chi connectivity index (χ1v) is 8.08. The van der Waals surface area contributed by atoms with Gasteiger partial charge in [-0.25, -0.2) is 13.8 Å². The summed E-state index contributed by atoms with van der Waals surface area (Å²) in [4.78, 5) is 23.8. The minimum Gasteiger partial charge on any atom is -0.462 e. The van der Waals surface area contributed by atoms with Gasteiger partial charge in [0.05, 0.1) is 24.0 Å². The summed E-state index contributed by atoms with van der Waals surface area (Å²) < 4.78 is 22.1. The molecular weight excluding hydrogens is 318 g/mol. The highest BCUT2D eigenvalue weighted by Crippen LogP contribution is 2.20. The third-order valence-corrected chi connectivity index (χ3v) is 4.07. The summed E-state index contributed by atoms with van der Waals surface area (Å²) in [5.74, 6) is -2.05. The van der Waals surface area contributed by atoms with Crippen LogP contribution in [0.5, 0.6) is 0 Å². The molecule has 0 bridgehead atoms. The number of nitriles is 1. The Balaban J connectivity index is 3.40. The molecule has 0 saturated carbocycles. The van der Waals surface area contributed by atoms with Crippen molar-refractivity contribution in [1.82, 2.24) is 0 Å². The highest BCUT2D eigenvalue weighted by molar-refractivity contribution is 7.89. The van der Waals surface area contributed by atoms with Crippen LogP contribution in [0.25, 0.3) is 0 Å². The van der Waals surface area contributed by atoms with Gasteiger partial charge in [-0.15, -0.1) is 0 Å². The number of ether oxygens (including phenoxy) is 2. The number of carbonyl (C=O) groups is 2. The maximum atomic E-state index is 12.6. The lowest BCUT2D eigenvalue weighted by Crippen LogP contribution is -2.21. The number of allylic oxidation sites excluding steroid dienone is 1. The molecule has 0 saturated heterocycles. The molecule has 1 aromatic carbocycles. The highest BCUT2D eigenvalue weighted by atomic mass is 32.2. The summed E-state index contributed by atoms with van der Waals surface area (Å²) in [6.07, 6.45) is 0. The van der Waals surface area contributed by atoms with Gasteiger partial charge in [0.15, 0.2) is 5.57 Å². The van der Waals surface area contributed by atoms with E-state index in [2.05, 4.69) is 0 Å². The molecule has 1 aromatic rings. The summed E-state index contributed by atoms with van der Waals surface area (Å²) in [6, 6.07) is 8.24. The molecule has 0 aromatic heterocycles. The fourth-order valence-electron chi connectivity index (χ4n) is 1.65. The van der Waals surface area contributed by atoms with Gasteiger partial charge in [-0.3, -0.25) is 0 Å². The molecule has 0 aliphatic heterocycles. The summed E-state index contributed by atoms with van der Waals surface area (Å²) in [5.41, 5.74) is 0.319. The lowest BCUT2D eigenvalue weighted by molar-refractivity contribution is -0.146. The van der Waals surface area contributed by atoms with Crippen LogP contribution in [0.15, 0.2) is 39.6 Å². The number of aryl methyl sites for hydroxylation is 1. The maximum absolute atomic E-state index is 12.6. The van der Waals surface area contributed by atoms with Gasteiger partial charge in [-0.2, -0.15) is 5.26 Å². The number of rotatable bonds is 6. The SMILES string of the molecule is CCOC(=O)C(C(=O)OCC)=C(C#N)[S@](=O)c1ccc(C)cc1. The molecule has 23 heavy (non-hydrogen) atoms. The minimum absolute atomic E-state index is 0.0115. The first-order chi connectivity index (χ1) is 11.0. The number of esters is 2. The van der Waals surface area contributed by atoms with Crippen molar-refractivity contribution in [2.24, 2.45) is 0 Å². The molecule has 1 atom stereocenters. The number of carbonyl (C=O) groups excluding carboxylic acids is 2. The normalized spacial score (nSPS) is 11.0. The molecule has 0 amide bonds. The van der Waals surface area contributed by atoms with Gasteiger partial charge < -0.3 is 9.47 Å². The first kappa shape index (κ1) is 18.6. The predicted molar refractivity (Wildman–Crippen MR) is 83.5 cm³/mol. The zero-order valence-electron chi connectivity index (χ0n) is 13.1. The minimum atomic E-state index is -1.99. The van der Waals surface area contributed by atoms with Gasteiger partial charge in [0.2, 0.25) is 0 Å². The van der Waals surface area contributed by atoms with E-state index in [1.165, 1.54) is 0 Å². The number of benzene rings is 1. The van der Waals surface area contributed by atoms with Crippen LogP contribution in [0.1, 0.15) is 19.4 Å². The molecule has 1 rings (SSSR count). The maximum Gasteiger partial charge on any atom is 0.347 e. The van der Waals surface area contributed by atoms with Crippen molar-refractivity contribution in [2.45, 2.75) is 25.7 Å². The Morgan fingerprint density at radius 2 is 1.57 bits per heavy atom. The highest BCUT2D eigenvalue weighted by Gasteiger charge is 2.29. The van der Waals surface area contributed by atoms with Crippen LogP contribution in [-0.4, -0.2) is 29.4 Å². The van der Waals surface area contributed by atoms with E-state index in [1.807, 2.05) is 6.92 Å². The fourth-order valence-corrected chi connectivity index (χ4v) is 2.70. The third kappa shape index (κ3) is 4.76. The summed E-state index contributed by atoms with van der Waals surface area (Å²) >= 11 is 0. The number of hydrogen-bond acceptors (Lipinski definition) is 6. The van der Waals surface area contributed by atoms with E-state index >= 15 is 0 Å². The van der Waals surface area contributed by atoms with E-state index < -0.39 is 33.2 Å². The average Bonchev–Trinajstić information content (AvgIpc) is 2.52. The van der Waals surface area contributed by atoms with Gasteiger partial charge in [0.1, 0.15) is 11.0 Å². The Morgan fingerprint density at radius 1 is 1.09 bits per heavy atom. The van der Waals surface area contributed by atoms with Crippen LogP contribution in [0, 0.1) is 18.3 Å². The van der Waals surface area contributed by atoms with E-state index in [0.717, 1.165) is 5.56 Å². The summed E-state index contributed by atoms with van der Waals surface area (Å²) in [5, 5.41) is 9.30. The second kappa shape index (κ2) is 8.86. The Bertz CT molecular complexity index is 665. The van der Waals surface area contributed by atoms with Gasteiger partial charge in [0.25, 0.3) is 0 Å². The molecule has 122 valence electrons. The van der Waals surface area contributed by atoms with Crippen molar-refractivity contribution in [3.05, 3.63) is 40.3 Å². The smallest absolute Gasteiger partial charge is 0.347 e. The third-order valence-electron chi connectivity index (χ3n) is 2.71. The molecule has 0 aliphatic rings.